The van der Waals surface area contributed by atoms with E-state index in [1.807, 2.05) is 0 Å². The van der Waals surface area contributed by atoms with E-state index < -0.39 is 0 Å². The zero-order chi connectivity index (χ0) is 29.1. The monoisotopic (exact) mass is 540 g/mol. The average Bonchev–Trinajstić information content (AvgIpc) is 3.03. The molecule has 7 aromatic rings. The van der Waals surface area contributed by atoms with Crippen molar-refractivity contribution in [2.45, 2.75) is 0 Å². The summed E-state index contributed by atoms with van der Waals surface area (Å²) in [6.07, 6.45) is 0. The van der Waals surface area contributed by atoms with Crippen LogP contribution in [0.1, 0.15) is 22.8 Å². The summed E-state index contributed by atoms with van der Waals surface area (Å²) < 4.78 is 0. The molecule has 0 unspecified atom stereocenters. The lowest BCUT2D eigenvalue weighted by Gasteiger charge is -2.08. The van der Waals surface area contributed by atoms with Crippen molar-refractivity contribution in [1.29, 1.82) is 21.0 Å². The van der Waals surface area contributed by atoms with Crippen LogP contribution in [-0.2, 0) is 0 Å². The van der Waals surface area contributed by atoms with Gasteiger partial charge >= 0.3 is 11.3 Å². The minimum Gasteiger partial charge on any atom is -0.370 e. The van der Waals surface area contributed by atoms with Crippen molar-refractivity contribution in [3.63, 3.8) is 0 Å². The molecule has 18 heteroatoms. The third-order valence-corrected chi connectivity index (χ3v) is 5.83. The van der Waals surface area contributed by atoms with E-state index in [-0.39, 0.29) is 101 Å². The standard InChI is InChI=1S/C24N18/c1-29-17-18(30-2)42-24-23(41-17)39-15-13-11(35-19-21(37-13)33-9(5-27)7(3-25)31-19)12-14(16(15)40-24)38-22-20(36-12)32-8(4-26)10(6-28)34-22. The zero-order valence-corrected chi connectivity index (χ0v) is 20.0. The van der Waals surface area contributed by atoms with E-state index in [0.29, 0.717) is 0 Å². The van der Waals surface area contributed by atoms with Crippen molar-refractivity contribution in [2.75, 3.05) is 0 Å². The Morgan fingerprint density at radius 2 is 0.571 bits per heavy atom. The zero-order valence-electron chi connectivity index (χ0n) is 20.0. The molecule has 0 saturated carbocycles. The van der Waals surface area contributed by atoms with E-state index in [1.165, 1.54) is 0 Å². The van der Waals surface area contributed by atoms with E-state index in [0.717, 1.165) is 0 Å². The van der Waals surface area contributed by atoms with Gasteiger partial charge in [0.15, 0.2) is 45.4 Å². The third-order valence-electron chi connectivity index (χ3n) is 5.83. The lowest BCUT2D eigenvalue weighted by molar-refractivity contribution is 1.13. The van der Waals surface area contributed by atoms with Crippen LogP contribution in [-0.4, -0.2) is 59.8 Å². The van der Waals surface area contributed by atoms with Crippen LogP contribution in [0.25, 0.3) is 76.7 Å². The molecule has 0 saturated heterocycles. The maximum atomic E-state index is 9.42. The summed E-state index contributed by atoms with van der Waals surface area (Å²) in [6.45, 7) is 14.7. The molecule has 0 amide bonds. The Bertz CT molecular complexity index is 2200. The van der Waals surface area contributed by atoms with Crippen LogP contribution in [0, 0.1) is 58.5 Å². The molecular formula is C24N18. The Balaban J connectivity index is 1.74. The molecular weight excluding hydrogens is 540 g/mol. The number of aromatic nitrogens is 12. The van der Waals surface area contributed by atoms with Crippen molar-refractivity contribution in [3.8, 4) is 24.3 Å². The van der Waals surface area contributed by atoms with Gasteiger partial charge in [-0.2, -0.15) is 31.0 Å². The number of fused-ring (bicyclic) bond motifs is 9. The molecule has 1 aromatic carbocycles. The molecule has 0 spiro atoms. The second-order valence-electron chi connectivity index (χ2n) is 8.09. The molecule has 6 aromatic heterocycles. The maximum absolute atomic E-state index is 9.42. The fraction of sp³-hybridized carbons (Fsp3) is 0. The van der Waals surface area contributed by atoms with Crippen LogP contribution in [0.5, 0.6) is 0 Å². The van der Waals surface area contributed by atoms with E-state index in [2.05, 4.69) is 69.5 Å². The maximum Gasteiger partial charge on any atom is 0.316 e. The van der Waals surface area contributed by atoms with Crippen molar-refractivity contribution in [1.82, 2.24) is 59.8 Å². The molecule has 0 aliphatic heterocycles. The van der Waals surface area contributed by atoms with Gasteiger partial charge in [0.1, 0.15) is 57.4 Å². The minimum atomic E-state index is -0.278. The molecule has 0 bridgehead atoms. The summed E-state index contributed by atoms with van der Waals surface area (Å²) in [5.41, 5.74) is -1.16. The molecule has 0 fully saturated rings. The highest BCUT2D eigenvalue weighted by molar-refractivity contribution is 6.20. The van der Waals surface area contributed by atoms with Gasteiger partial charge in [-0.3, -0.25) is 0 Å². The molecule has 0 aliphatic rings. The summed E-state index contributed by atoms with van der Waals surface area (Å²) in [4.78, 5) is 58.2. The highest BCUT2D eigenvalue weighted by Gasteiger charge is 2.24. The van der Waals surface area contributed by atoms with Crippen molar-refractivity contribution >= 4 is 78.6 Å². The van der Waals surface area contributed by atoms with Gasteiger partial charge in [-0.1, -0.05) is 13.1 Å². The largest absolute Gasteiger partial charge is 0.370 e. The van der Waals surface area contributed by atoms with Crippen LogP contribution in [0.3, 0.4) is 0 Å². The number of rotatable bonds is 0. The second-order valence-corrected chi connectivity index (χ2v) is 8.09. The smallest absolute Gasteiger partial charge is 0.316 e. The fourth-order valence-corrected chi connectivity index (χ4v) is 4.09. The van der Waals surface area contributed by atoms with Crippen LogP contribution >= 0.6 is 0 Å². The van der Waals surface area contributed by atoms with Crippen molar-refractivity contribution in [2.24, 2.45) is 0 Å². The van der Waals surface area contributed by atoms with Crippen LogP contribution < -0.4 is 0 Å². The molecule has 0 N–H and O–H groups in total. The molecule has 42 heavy (non-hydrogen) atoms. The molecule has 6 heterocycles. The second kappa shape index (κ2) is 8.35. The number of benzene rings is 1. The highest BCUT2D eigenvalue weighted by atomic mass is 15.1. The molecule has 0 aliphatic carbocycles. The summed E-state index contributed by atoms with van der Waals surface area (Å²) >= 11 is 0. The van der Waals surface area contributed by atoms with E-state index in [1.54, 1.807) is 24.3 Å². The predicted molar refractivity (Wildman–Crippen MR) is 136 cm³/mol. The molecule has 0 radical (unpaired) electrons. The first-order valence-electron chi connectivity index (χ1n) is 11.2. The predicted octanol–water partition coefficient (Wildman–Crippen LogP) is 1.93. The first kappa shape index (κ1) is 23.3. The third kappa shape index (κ3) is 3.12. The topological polar surface area (TPSA) is 259 Å². The van der Waals surface area contributed by atoms with Crippen molar-refractivity contribution < 1.29 is 0 Å². The lowest BCUT2D eigenvalue weighted by atomic mass is 10.2. The Morgan fingerprint density at radius 1 is 0.357 bits per heavy atom. The van der Waals surface area contributed by atoms with E-state index >= 15 is 0 Å². The van der Waals surface area contributed by atoms with Crippen LogP contribution in [0.2, 0.25) is 0 Å². The number of nitriles is 4. The molecule has 186 valence electrons. The van der Waals surface area contributed by atoms with Gasteiger partial charge in [-0.25, -0.2) is 39.9 Å². The number of nitrogens with zero attached hydrogens (tertiary/aromatic N) is 18. The normalized spacial score (nSPS) is 10.7. The summed E-state index contributed by atoms with van der Waals surface area (Å²) in [6, 6.07) is 7.17. The molecule has 0 atom stereocenters. The van der Waals surface area contributed by atoms with Gasteiger partial charge in [-0.05, 0) is 0 Å². The Labute approximate surface area is 229 Å². The summed E-state index contributed by atoms with van der Waals surface area (Å²) in [7, 11) is 0. The minimum absolute atomic E-state index is 0.0664. The average molecular weight is 540 g/mol. The Kier molecular flexibility index (Phi) is 4.64. The number of hydrogen-bond acceptors (Lipinski definition) is 16. The van der Waals surface area contributed by atoms with E-state index in [4.69, 9.17) is 13.1 Å². The Hall–Kier alpha value is -7.80. The first-order chi connectivity index (χ1) is 20.5. The SMILES string of the molecule is [C-]#[N+]c1nc2nc3c4nc5nc(C#N)c(C#N)nc5nc4c4nc5nc(C#N)c(C#N)nc5nc4c3nc2nc1[N+]#[C-]. The van der Waals surface area contributed by atoms with Gasteiger partial charge in [-0.15, -0.1) is 9.97 Å². The van der Waals surface area contributed by atoms with Gasteiger partial charge < -0.3 is 9.69 Å². The first-order valence-corrected chi connectivity index (χ1v) is 11.2. The number of hydrogen-bond donors (Lipinski definition) is 0. The highest BCUT2D eigenvalue weighted by Crippen LogP contribution is 2.33. The quantitative estimate of drug-likeness (QED) is 0.151. The Morgan fingerprint density at radius 3 is 0.762 bits per heavy atom. The fourth-order valence-electron chi connectivity index (χ4n) is 4.09. The lowest BCUT2D eigenvalue weighted by Crippen LogP contribution is -2.05. The molecule has 7 rings (SSSR count). The van der Waals surface area contributed by atoms with Crippen LogP contribution in [0.15, 0.2) is 0 Å². The van der Waals surface area contributed by atoms with Gasteiger partial charge in [0.25, 0.3) is 11.6 Å². The van der Waals surface area contributed by atoms with Gasteiger partial charge in [0.2, 0.25) is 0 Å². The van der Waals surface area contributed by atoms with Gasteiger partial charge in [0, 0.05) is 0 Å². The van der Waals surface area contributed by atoms with Crippen LogP contribution in [0.4, 0.5) is 11.6 Å². The van der Waals surface area contributed by atoms with Crippen molar-refractivity contribution in [3.05, 3.63) is 45.6 Å². The summed E-state index contributed by atoms with van der Waals surface area (Å²) in [5, 5.41) is 37.7. The van der Waals surface area contributed by atoms with E-state index in [9.17, 15) is 21.0 Å². The van der Waals surface area contributed by atoms with Gasteiger partial charge in [0.05, 0.1) is 0 Å². The summed E-state index contributed by atoms with van der Waals surface area (Å²) in [5.74, 6) is -0.556. The molecule has 18 nitrogen and oxygen atoms in total.